The summed E-state index contributed by atoms with van der Waals surface area (Å²) in [5.74, 6) is 2.19. The maximum absolute atomic E-state index is 4.49. The van der Waals surface area contributed by atoms with Crippen molar-refractivity contribution in [3.8, 4) is 28.2 Å². The van der Waals surface area contributed by atoms with Gasteiger partial charge in [0.05, 0.1) is 11.0 Å². The van der Waals surface area contributed by atoms with Crippen molar-refractivity contribution in [2.45, 2.75) is 13.8 Å². The number of nitrogens with zero attached hydrogens (tertiary/aromatic N) is 4. The van der Waals surface area contributed by atoms with Crippen molar-refractivity contribution in [2.24, 2.45) is 0 Å². The van der Waals surface area contributed by atoms with Gasteiger partial charge in [-0.05, 0) is 49.2 Å². The lowest BCUT2D eigenvalue weighted by atomic mass is 10.0. The molecule has 0 bridgehead atoms. The molecule has 0 saturated carbocycles. The monoisotopic (exact) mass is 426 g/mol. The van der Waals surface area contributed by atoms with Crippen LogP contribution in [-0.2, 0) is 0 Å². The fourth-order valence-electron chi connectivity index (χ4n) is 4.58. The van der Waals surface area contributed by atoms with E-state index in [2.05, 4.69) is 117 Å². The molecule has 6 aromatic rings. The first-order valence-electron chi connectivity index (χ1n) is 11.1. The van der Waals surface area contributed by atoms with Crippen LogP contribution in [0.1, 0.15) is 11.6 Å². The summed E-state index contributed by atoms with van der Waals surface area (Å²) in [7, 11) is 0. The Morgan fingerprint density at radius 3 is 1.73 bits per heavy atom. The second kappa shape index (κ2) is 7.68. The minimum absolute atomic E-state index is 0.714. The predicted molar refractivity (Wildman–Crippen MR) is 135 cm³/mol. The van der Waals surface area contributed by atoms with E-state index in [1.165, 1.54) is 27.4 Å². The van der Waals surface area contributed by atoms with E-state index in [1.807, 2.05) is 13.8 Å². The molecular weight excluding hydrogens is 404 g/mol. The molecule has 0 aliphatic heterocycles. The molecule has 0 unspecified atom stereocenters. The molecule has 0 aliphatic carbocycles. The van der Waals surface area contributed by atoms with Crippen molar-refractivity contribution >= 4 is 21.8 Å². The molecule has 0 spiro atoms. The first kappa shape index (κ1) is 19.4. The highest BCUT2D eigenvalue weighted by atomic mass is 15.0. The molecule has 0 amide bonds. The summed E-state index contributed by atoms with van der Waals surface area (Å²) in [6.07, 6.45) is 0. The van der Waals surface area contributed by atoms with Crippen molar-refractivity contribution in [2.75, 3.05) is 0 Å². The molecule has 33 heavy (non-hydrogen) atoms. The van der Waals surface area contributed by atoms with E-state index in [1.54, 1.807) is 0 Å². The molecule has 4 nitrogen and oxygen atoms in total. The van der Waals surface area contributed by atoms with Crippen molar-refractivity contribution in [3.63, 3.8) is 0 Å². The number of hydrogen-bond donors (Lipinski definition) is 0. The molecule has 0 fully saturated rings. The Labute approximate surface area is 192 Å². The van der Waals surface area contributed by atoms with E-state index in [4.69, 9.17) is 0 Å². The van der Waals surface area contributed by atoms with E-state index in [9.17, 15) is 0 Å². The number of aromatic nitrogens is 4. The minimum atomic E-state index is 0.714. The van der Waals surface area contributed by atoms with E-state index in [-0.39, 0.29) is 0 Å². The molecule has 0 radical (unpaired) electrons. The number of para-hydroxylation sites is 2. The molecule has 2 heterocycles. The summed E-state index contributed by atoms with van der Waals surface area (Å²) in [4.78, 5) is 13.3. The Balaban J connectivity index is 1.44. The zero-order chi connectivity index (χ0) is 22.4. The third-order valence-electron chi connectivity index (χ3n) is 6.02. The summed E-state index contributed by atoms with van der Waals surface area (Å²) < 4.78 is 2.35. The van der Waals surface area contributed by atoms with Gasteiger partial charge in [-0.25, -0.2) is 15.0 Å². The average Bonchev–Trinajstić information content (AvgIpc) is 3.18. The van der Waals surface area contributed by atoms with Crippen LogP contribution >= 0.6 is 0 Å². The molecule has 0 saturated heterocycles. The van der Waals surface area contributed by atoms with Gasteiger partial charge in [0.25, 0.3) is 0 Å². The van der Waals surface area contributed by atoms with Crippen molar-refractivity contribution in [1.82, 2.24) is 19.5 Å². The highest BCUT2D eigenvalue weighted by Crippen LogP contribution is 2.33. The normalized spacial score (nSPS) is 11.3. The maximum atomic E-state index is 4.49. The number of aryl methyl sites for hydroxylation is 2. The SMILES string of the molecule is Cc1nc(C)nc(-c2ccc(-c3cccc(-n4c5ccccc5c5ccccc54)c3)cc2)n1. The first-order chi connectivity index (χ1) is 16.2. The fourth-order valence-corrected chi connectivity index (χ4v) is 4.58. The highest BCUT2D eigenvalue weighted by molar-refractivity contribution is 6.09. The lowest BCUT2D eigenvalue weighted by molar-refractivity contribution is 0.928. The Bertz CT molecular complexity index is 1550. The van der Waals surface area contributed by atoms with Gasteiger partial charge in [0, 0.05) is 22.0 Å². The second-order valence-electron chi connectivity index (χ2n) is 8.25. The van der Waals surface area contributed by atoms with E-state index < -0.39 is 0 Å². The summed E-state index contributed by atoms with van der Waals surface area (Å²) in [6.45, 7) is 3.79. The van der Waals surface area contributed by atoms with Crippen LogP contribution in [-0.4, -0.2) is 19.5 Å². The Hall–Kier alpha value is -4.31. The van der Waals surface area contributed by atoms with E-state index in [0.717, 1.165) is 28.5 Å². The summed E-state index contributed by atoms with van der Waals surface area (Å²) in [5, 5.41) is 2.54. The van der Waals surface area contributed by atoms with Crippen LogP contribution in [0.2, 0.25) is 0 Å². The molecule has 2 aromatic heterocycles. The van der Waals surface area contributed by atoms with E-state index in [0.29, 0.717) is 5.82 Å². The van der Waals surface area contributed by atoms with E-state index >= 15 is 0 Å². The van der Waals surface area contributed by atoms with Gasteiger partial charge in [-0.2, -0.15) is 0 Å². The van der Waals surface area contributed by atoms with Gasteiger partial charge < -0.3 is 4.57 Å². The zero-order valence-electron chi connectivity index (χ0n) is 18.5. The van der Waals surface area contributed by atoms with Crippen LogP contribution in [0.15, 0.2) is 97.1 Å². The highest BCUT2D eigenvalue weighted by Gasteiger charge is 2.12. The molecule has 0 aliphatic rings. The van der Waals surface area contributed by atoms with Gasteiger partial charge in [-0.1, -0.05) is 72.8 Å². The standard InChI is InChI=1S/C29H22N4/c1-19-30-20(2)32-29(31-19)22-16-14-21(15-17-22)23-8-7-9-24(18-23)33-27-12-5-3-10-25(27)26-11-4-6-13-28(26)33/h3-18H,1-2H3. The smallest absolute Gasteiger partial charge is 0.163 e. The Kier molecular flexibility index (Phi) is 4.51. The topological polar surface area (TPSA) is 43.6 Å². The molecule has 0 N–H and O–H groups in total. The minimum Gasteiger partial charge on any atom is -0.309 e. The van der Waals surface area contributed by atoms with Crippen LogP contribution in [0.25, 0.3) is 50.0 Å². The van der Waals surface area contributed by atoms with Gasteiger partial charge >= 0.3 is 0 Å². The lowest BCUT2D eigenvalue weighted by Gasteiger charge is -2.11. The van der Waals surface area contributed by atoms with Gasteiger partial charge in [-0.3, -0.25) is 0 Å². The van der Waals surface area contributed by atoms with Gasteiger partial charge in [0.1, 0.15) is 11.6 Å². The predicted octanol–water partition coefficient (Wildman–Crippen LogP) is 6.92. The van der Waals surface area contributed by atoms with Crippen LogP contribution in [0, 0.1) is 13.8 Å². The average molecular weight is 427 g/mol. The molecule has 158 valence electrons. The van der Waals surface area contributed by atoms with Crippen LogP contribution in [0.4, 0.5) is 0 Å². The second-order valence-corrected chi connectivity index (χ2v) is 8.25. The number of rotatable bonds is 3. The van der Waals surface area contributed by atoms with Crippen LogP contribution in [0.5, 0.6) is 0 Å². The zero-order valence-corrected chi connectivity index (χ0v) is 18.5. The lowest BCUT2D eigenvalue weighted by Crippen LogP contribution is -1.98. The first-order valence-corrected chi connectivity index (χ1v) is 11.1. The van der Waals surface area contributed by atoms with Gasteiger partial charge in [-0.15, -0.1) is 0 Å². The van der Waals surface area contributed by atoms with Crippen LogP contribution in [0.3, 0.4) is 0 Å². The quantitative estimate of drug-likeness (QED) is 0.308. The fraction of sp³-hybridized carbons (Fsp3) is 0.0690. The number of benzene rings is 4. The van der Waals surface area contributed by atoms with Crippen molar-refractivity contribution in [1.29, 1.82) is 0 Å². The summed E-state index contributed by atoms with van der Waals surface area (Å²) >= 11 is 0. The maximum Gasteiger partial charge on any atom is 0.163 e. The van der Waals surface area contributed by atoms with Gasteiger partial charge in [0.2, 0.25) is 0 Å². The molecule has 4 heteroatoms. The summed E-state index contributed by atoms with van der Waals surface area (Å²) in [6, 6.07) is 34.3. The third kappa shape index (κ3) is 3.37. The van der Waals surface area contributed by atoms with Crippen LogP contribution < -0.4 is 0 Å². The third-order valence-corrected chi connectivity index (χ3v) is 6.02. The molecular formula is C29H22N4. The molecule has 4 aromatic carbocycles. The summed E-state index contributed by atoms with van der Waals surface area (Å²) in [5.41, 5.74) is 6.90. The van der Waals surface area contributed by atoms with Gasteiger partial charge in [0.15, 0.2) is 5.82 Å². The van der Waals surface area contributed by atoms with Crippen molar-refractivity contribution < 1.29 is 0 Å². The number of fused-ring (bicyclic) bond motifs is 3. The largest absolute Gasteiger partial charge is 0.309 e. The van der Waals surface area contributed by atoms with Crippen molar-refractivity contribution in [3.05, 3.63) is 109 Å². The molecule has 6 rings (SSSR count). The Morgan fingerprint density at radius 1 is 0.515 bits per heavy atom. The molecule has 0 atom stereocenters. The number of hydrogen-bond acceptors (Lipinski definition) is 3. The Morgan fingerprint density at radius 2 is 1.09 bits per heavy atom.